The lowest BCUT2D eigenvalue weighted by atomic mass is 10.4. The van der Waals surface area contributed by atoms with Gasteiger partial charge >= 0.3 is 6.18 Å². The molecule has 0 saturated carbocycles. The van der Waals surface area contributed by atoms with E-state index in [0.29, 0.717) is 10.6 Å². The lowest BCUT2D eigenvalue weighted by molar-refractivity contribution is -0.154. The number of carbonyl (C=O) groups is 1. The molecule has 3 rings (SSSR count). The van der Waals surface area contributed by atoms with Gasteiger partial charge in [-0.2, -0.15) is 13.2 Å². The Morgan fingerprint density at radius 1 is 1.20 bits per heavy atom. The van der Waals surface area contributed by atoms with Gasteiger partial charge in [-0.25, -0.2) is 9.97 Å². The fraction of sp³-hybridized carbons (Fsp3) is 0.133. The molecule has 10 heteroatoms. The van der Waals surface area contributed by atoms with Crippen LogP contribution in [0.1, 0.15) is 9.67 Å². The van der Waals surface area contributed by atoms with E-state index in [4.69, 9.17) is 0 Å². The van der Waals surface area contributed by atoms with Gasteiger partial charge in [0.15, 0.2) is 6.61 Å². The van der Waals surface area contributed by atoms with Crippen molar-refractivity contribution < 1.29 is 22.7 Å². The zero-order chi connectivity index (χ0) is 17.9. The largest absolute Gasteiger partial charge is 0.468 e. The summed E-state index contributed by atoms with van der Waals surface area (Å²) in [5, 5.41) is 5.28. The fourth-order valence-corrected chi connectivity index (χ4v) is 3.40. The first-order valence-electron chi connectivity index (χ1n) is 6.87. The van der Waals surface area contributed by atoms with Crippen LogP contribution >= 0.6 is 22.7 Å². The number of aromatic nitrogens is 2. The minimum absolute atomic E-state index is 0.173. The molecule has 130 valence electrons. The standard InChI is InChI=1S/C15H10F3N3O2S2/c16-15(17,18)8-23-12-4-3-9(6-19-12)21-13(22)11-7-20-14(25-11)10-2-1-5-24-10/h1-7H,8H2,(H,21,22). The summed E-state index contributed by atoms with van der Waals surface area (Å²) in [7, 11) is 0. The molecule has 0 aliphatic carbocycles. The molecule has 0 aliphatic rings. The molecule has 0 spiro atoms. The highest BCUT2D eigenvalue weighted by atomic mass is 32.1. The average Bonchev–Trinajstić information content (AvgIpc) is 3.24. The number of thiazole rings is 1. The van der Waals surface area contributed by atoms with Crippen LogP contribution in [0.25, 0.3) is 9.88 Å². The smallest absolute Gasteiger partial charge is 0.422 e. The monoisotopic (exact) mass is 385 g/mol. The minimum Gasteiger partial charge on any atom is -0.468 e. The van der Waals surface area contributed by atoms with Gasteiger partial charge in [0.1, 0.15) is 9.88 Å². The number of hydrogen-bond donors (Lipinski definition) is 1. The summed E-state index contributed by atoms with van der Waals surface area (Å²) in [6, 6.07) is 6.48. The number of ether oxygens (including phenoxy) is 1. The van der Waals surface area contributed by atoms with Crippen molar-refractivity contribution >= 4 is 34.3 Å². The van der Waals surface area contributed by atoms with Crippen LogP contribution in [0.15, 0.2) is 42.0 Å². The molecule has 0 fully saturated rings. The molecule has 3 aromatic rings. The molecule has 0 saturated heterocycles. The predicted octanol–water partition coefficient (Wildman–Crippen LogP) is 4.46. The number of thiophene rings is 1. The highest BCUT2D eigenvalue weighted by Gasteiger charge is 2.28. The number of pyridine rings is 1. The SMILES string of the molecule is O=C(Nc1ccc(OCC(F)(F)F)nc1)c1cnc(-c2cccs2)s1. The first-order chi connectivity index (χ1) is 11.9. The van der Waals surface area contributed by atoms with Crippen molar-refractivity contribution in [3.8, 4) is 15.8 Å². The fourth-order valence-electron chi connectivity index (χ4n) is 1.78. The zero-order valence-electron chi connectivity index (χ0n) is 12.4. The number of alkyl halides is 3. The van der Waals surface area contributed by atoms with Gasteiger partial charge in [0, 0.05) is 6.07 Å². The molecule has 0 bridgehead atoms. The molecular weight excluding hydrogens is 375 g/mol. The molecule has 3 heterocycles. The van der Waals surface area contributed by atoms with Crippen LogP contribution in [0.5, 0.6) is 5.88 Å². The van der Waals surface area contributed by atoms with Crippen LogP contribution in [-0.2, 0) is 0 Å². The minimum atomic E-state index is -4.43. The van der Waals surface area contributed by atoms with Gasteiger partial charge in [0.05, 0.1) is 23.0 Å². The van der Waals surface area contributed by atoms with Gasteiger partial charge < -0.3 is 10.1 Å². The van der Waals surface area contributed by atoms with E-state index < -0.39 is 12.8 Å². The van der Waals surface area contributed by atoms with Gasteiger partial charge in [-0.3, -0.25) is 4.79 Å². The maximum atomic E-state index is 12.2. The number of halogens is 3. The highest BCUT2D eigenvalue weighted by molar-refractivity contribution is 7.22. The second kappa shape index (κ2) is 7.19. The van der Waals surface area contributed by atoms with Crippen LogP contribution in [0.3, 0.4) is 0 Å². The Kier molecular flexibility index (Phi) is 5.00. The number of nitrogens with one attached hydrogen (secondary N) is 1. The van der Waals surface area contributed by atoms with Crippen molar-refractivity contribution in [3.05, 3.63) is 46.9 Å². The highest BCUT2D eigenvalue weighted by Crippen LogP contribution is 2.29. The lowest BCUT2D eigenvalue weighted by Gasteiger charge is -2.08. The summed E-state index contributed by atoms with van der Waals surface area (Å²) in [6.07, 6.45) is -1.73. The van der Waals surface area contributed by atoms with Crippen molar-refractivity contribution in [2.45, 2.75) is 6.18 Å². The van der Waals surface area contributed by atoms with Crippen molar-refractivity contribution in [1.82, 2.24) is 9.97 Å². The number of hydrogen-bond acceptors (Lipinski definition) is 6. The molecule has 3 aromatic heterocycles. The maximum absolute atomic E-state index is 12.2. The lowest BCUT2D eigenvalue weighted by Crippen LogP contribution is -2.19. The van der Waals surface area contributed by atoms with Crippen molar-refractivity contribution in [1.29, 1.82) is 0 Å². The molecular formula is C15H10F3N3O2S2. The third kappa shape index (κ3) is 4.77. The van der Waals surface area contributed by atoms with Crippen molar-refractivity contribution in [3.63, 3.8) is 0 Å². The molecule has 0 radical (unpaired) electrons. The van der Waals surface area contributed by atoms with Gasteiger partial charge in [-0.15, -0.1) is 22.7 Å². The Hall–Kier alpha value is -2.46. The predicted molar refractivity (Wildman–Crippen MR) is 89.2 cm³/mol. The molecule has 0 atom stereocenters. The van der Waals surface area contributed by atoms with Crippen LogP contribution in [0.4, 0.5) is 18.9 Å². The second-order valence-electron chi connectivity index (χ2n) is 4.75. The van der Waals surface area contributed by atoms with E-state index >= 15 is 0 Å². The van der Waals surface area contributed by atoms with Crippen LogP contribution in [0, 0.1) is 0 Å². The van der Waals surface area contributed by atoms with Gasteiger partial charge in [-0.1, -0.05) is 6.07 Å². The van der Waals surface area contributed by atoms with Gasteiger partial charge in [0.2, 0.25) is 5.88 Å². The van der Waals surface area contributed by atoms with E-state index in [9.17, 15) is 18.0 Å². The Bertz CT molecular complexity index is 846. The van der Waals surface area contributed by atoms with Gasteiger partial charge in [-0.05, 0) is 17.5 Å². The summed E-state index contributed by atoms with van der Waals surface area (Å²) in [5.41, 5.74) is 0.343. The quantitative estimate of drug-likeness (QED) is 0.704. The first kappa shape index (κ1) is 17.4. The first-order valence-corrected chi connectivity index (χ1v) is 8.57. The summed E-state index contributed by atoms with van der Waals surface area (Å²) in [4.78, 5) is 21.5. The van der Waals surface area contributed by atoms with E-state index in [1.165, 1.54) is 47.2 Å². The second-order valence-corrected chi connectivity index (χ2v) is 6.73. The normalized spacial score (nSPS) is 11.3. The molecule has 0 aliphatic heterocycles. The molecule has 25 heavy (non-hydrogen) atoms. The Morgan fingerprint density at radius 2 is 2.04 bits per heavy atom. The van der Waals surface area contributed by atoms with E-state index in [1.807, 2.05) is 17.5 Å². The number of carbonyl (C=O) groups excluding carboxylic acids is 1. The Morgan fingerprint density at radius 3 is 2.68 bits per heavy atom. The van der Waals surface area contributed by atoms with E-state index in [1.54, 1.807) is 0 Å². The summed E-state index contributed by atoms with van der Waals surface area (Å²) < 4.78 is 40.7. The molecule has 1 N–H and O–H groups in total. The maximum Gasteiger partial charge on any atom is 0.422 e. The molecule has 0 aromatic carbocycles. The van der Waals surface area contributed by atoms with Crippen LogP contribution in [-0.4, -0.2) is 28.7 Å². The third-order valence-electron chi connectivity index (χ3n) is 2.84. The topological polar surface area (TPSA) is 64.1 Å². The number of nitrogens with zero attached hydrogens (tertiary/aromatic N) is 2. The van der Waals surface area contributed by atoms with E-state index in [-0.39, 0.29) is 11.8 Å². The number of amides is 1. The molecule has 1 amide bonds. The van der Waals surface area contributed by atoms with Gasteiger partial charge in [0.25, 0.3) is 5.91 Å². The Labute approximate surface area is 148 Å². The molecule has 5 nitrogen and oxygen atoms in total. The summed E-state index contributed by atoms with van der Waals surface area (Å²) in [5.74, 6) is -0.542. The van der Waals surface area contributed by atoms with Crippen LogP contribution in [0.2, 0.25) is 0 Å². The van der Waals surface area contributed by atoms with E-state index in [0.717, 1.165) is 9.88 Å². The summed E-state index contributed by atoms with van der Waals surface area (Å²) >= 11 is 2.77. The molecule has 0 unspecified atom stereocenters. The third-order valence-corrected chi connectivity index (χ3v) is 4.87. The zero-order valence-corrected chi connectivity index (χ0v) is 14.0. The number of rotatable bonds is 5. The van der Waals surface area contributed by atoms with Crippen molar-refractivity contribution in [2.24, 2.45) is 0 Å². The summed E-state index contributed by atoms with van der Waals surface area (Å²) in [6.45, 7) is -1.42. The van der Waals surface area contributed by atoms with E-state index in [2.05, 4.69) is 20.0 Å². The number of anilines is 1. The average molecular weight is 385 g/mol. The van der Waals surface area contributed by atoms with Crippen LogP contribution < -0.4 is 10.1 Å². The Balaban J connectivity index is 1.61. The van der Waals surface area contributed by atoms with Crippen molar-refractivity contribution in [2.75, 3.05) is 11.9 Å².